The normalized spacial score (nSPS) is 18.3. The molecule has 0 bridgehead atoms. The van der Waals surface area contributed by atoms with Gasteiger partial charge in [0.2, 0.25) is 7.41 Å². The van der Waals surface area contributed by atoms with Crippen LogP contribution in [-0.2, 0) is 17.1 Å². The van der Waals surface area contributed by atoms with E-state index in [1.165, 1.54) is 32.5 Å². The van der Waals surface area contributed by atoms with E-state index in [0.717, 1.165) is 0 Å². The number of hydrogen-bond acceptors (Lipinski definition) is 1. The number of hydrogen-bond donors (Lipinski definition) is 0. The third kappa shape index (κ3) is 8.69. The molecule has 9 heteroatoms. The van der Waals surface area contributed by atoms with Gasteiger partial charge in [-0.05, 0) is 82.1 Å². The monoisotopic (exact) mass is 681 g/mol. The molecule has 10 radical (unpaired) electrons. The van der Waals surface area contributed by atoms with E-state index >= 15 is 0 Å². The second-order valence-electron chi connectivity index (χ2n) is 9.90. The minimum Gasteiger partial charge on any atom is -0.418 e. The molecule has 0 N–H and O–H groups in total. The van der Waals surface area contributed by atoms with Crippen LogP contribution in [0.15, 0.2) is 137 Å². The van der Waals surface area contributed by atoms with Gasteiger partial charge in [-0.3, -0.25) is 0 Å². The summed E-state index contributed by atoms with van der Waals surface area (Å²) in [5.41, 5.74) is 0. The van der Waals surface area contributed by atoms with Gasteiger partial charge in [0.05, 0.1) is 13.0 Å². The van der Waals surface area contributed by atoms with Crippen molar-refractivity contribution in [2.45, 2.75) is 0 Å². The first-order valence-electron chi connectivity index (χ1n) is 14.1. The van der Waals surface area contributed by atoms with Crippen LogP contribution in [0.1, 0.15) is 0 Å². The van der Waals surface area contributed by atoms with E-state index in [9.17, 15) is 17.3 Å². The minimum atomic E-state index is -6.00. The van der Waals surface area contributed by atoms with Crippen molar-refractivity contribution < 1.29 is 34.3 Å². The Morgan fingerprint density at radius 2 is 0.822 bits per heavy atom. The molecule has 0 atom stereocenters. The number of rotatable bonds is 5. The van der Waals surface area contributed by atoms with Gasteiger partial charge in [-0.2, -0.15) is 0 Å². The van der Waals surface area contributed by atoms with E-state index in [1.54, 1.807) is 0 Å². The summed E-state index contributed by atoms with van der Waals surface area (Å²) in [5.74, 6) is 3.83. The third-order valence-electron chi connectivity index (χ3n) is 7.01. The first-order valence-corrected chi connectivity index (χ1v) is 17.6. The largest absolute Gasteiger partial charge is 2.00 e. The molecular formula is C36H30BF4FeNP2+2. The predicted molar refractivity (Wildman–Crippen MR) is 181 cm³/mol. The fourth-order valence-corrected chi connectivity index (χ4v) is 15.2. The average molecular weight is 681 g/mol. The van der Waals surface area contributed by atoms with Gasteiger partial charge in [-0.15, -0.1) is 4.52 Å². The number of benzene rings is 4. The second-order valence-corrected chi connectivity index (χ2v) is 16.1. The summed E-state index contributed by atoms with van der Waals surface area (Å²) in [4.78, 5) is 0. The zero-order chi connectivity index (χ0) is 30.9. The van der Waals surface area contributed by atoms with Crippen LogP contribution in [0.4, 0.5) is 17.3 Å². The fraction of sp³-hybridized carbons (Fsp3) is 0. The van der Waals surface area contributed by atoms with Crippen molar-refractivity contribution in [3.8, 4) is 0 Å². The number of halogens is 4. The summed E-state index contributed by atoms with van der Waals surface area (Å²) in [7, 11) is -10.5. The van der Waals surface area contributed by atoms with Crippen molar-refractivity contribution >= 4 is 42.9 Å². The van der Waals surface area contributed by atoms with Gasteiger partial charge in [0.15, 0.2) is 0 Å². The molecule has 2 aliphatic carbocycles. The van der Waals surface area contributed by atoms with E-state index in [-0.39, 0.29) is 17.1 Å². The Morgan fingerprint density at radius 3 is 1.18 bits per heavy atom. The van der Waals surface area contributed by atoms with E-state index in [4.69, 9.17) is 4.52 Å². The first-order chi connectivity index (χ1) is 21.3. The van der Waals surface area contributed by atoms with Crippen LogP contribution in [0, 0.1) is 63.7 Å². The zero-order valence-corrected chi connectivity index (χ0v) is 27.0. The molecule has 0 unspecified atom stereocenters. The van der Waals surface area contributed by atoms with Crippen LogP contribution in [0.5, 0.6) is 0 Å². The van der Waals surface area contributed by atoms with Gasteiger partial charge in [-0.25, -0.2) is 0 Å². The van der Waals surface area contributed by atoms with Gasteiger partial charge in [-0.1, -0.05) is 97.1 Å². The molecule has 7 rings (SSSR count). The quantitative estimate of drug-likeness (QED) is 0.113. The third-order valence-corrected chi connectivity index (χ3v) is 15.4. The maximum atomic E-state index is 9.75. The molecule has 0 amide bonds. The molecule has 226 valence electrons. The smallest absolute Gasteiger partial charge is 0.418 e. The van der Waals surface area contributed by atoms with Crippen LogP contribution >= 0.6 is 14.5 Å². The molecule has 1 nitrogen and oxygen atoms in total. The van der Waals surface area contributed by atoms with E-state index in [1.807, 2.05) is 32.1 Å². The second kappa shape index (κ2) is 16.4. The minimum absolute atomic E-state index is 0. The maximum Gasteiger partial charge on any atom is 2.00 e. The van der Waals surface area contributed by atoms with Gasteiger partial charge in [0, 0.05) is 16.4 Å². The molecule has 1 heterocycles. The summed E-state index contributed by atoms with van der Waals surface area (Å²) in [5, 5.41) is 6.60. The van der Waals surface area contributed by atoms with E-state index in [2.05, 4.69) is 153 Å². The molecule has 4 aromatic carbocycles. The Balaban J connectivity index is 0.000000362. The van der Waals surface area contributed by atoms with Crippen LogP contribution in [0.3, 0.4) is 0 Å². The van der Waals surface area contributed by atoms with Crippen LogP contribution < -0.4 is 21.2 Å². The van der Waals surface area contributed by atoms with Crippen molar-refractivity contribution in [1.82, 2.24) is 0 Å². The maximum absolute atomic E-state index is 9.75. The summed E-state index contributed by atoms with van der Waals surface area (Å²) in [6.45, 7) is 0. The Hall–Kier alpha value is -2.42. The van der Waals surface area contributed by atoms with Crippen LogP contribution in [0.25, 0.3) is 0 Å². The molecule has 0 aromatic heterocycles. The van der Waals surface area contributed by atoms with Crippen LogP contribution in [0.2, 0.25) is 0 Å². The molecule has 0 spiro atoms. The summed E-state index contributed by atoms with van der Waals surface area (Å²) < 4.78 is 45.1. The molecule has 2 saturated carbocycles. The number of nitrogens with zero attached hydrogens (tertiary/aromatic N) is 1. The summed E-state index contributed by atoms with van der Waals surface area (Å²) in [6, 6.07) is 43.8. The van der Waals surface area contributed by atoms with Gasteiger partial charge in [0.25, 0.3) is 0 Å². The zero-order valence-electron chi connectivity index (χ0n) is 24.1. The van der Waals surface area contributed by atoms with Crippen molar-refractivity contribution in [3.63, 3.8) is 0 Å². The molecule has 0 saturated heterocycles. The van der Waals surface area contributed by atoms with Gasteiger partial charge >= 0.3 is 24.3 Å². The Labute approximate surface area is 277 Å². The van der Waals surface area contributed by atoms with Crippen molar-refractivity contribution in [3.05, 3.63) is 196 Å². The molecule has 45 heavy (non-hydrogen) atoms. The topological polar surface area (TPSA) is 12.4 Å². The first kappa shape index (κ1) is 35.4. The predicted octanol–water partition coefficient (Wildman–Crippen LogP) is 9.00. The van der Waals surface area contributed by atoms with E-state index < -0.39 is 21.7 Å². The van der Waals surface area contributed by atoms with Crippen LogP contribution in [-0.4, -0.2) is 7.25 Å². The SMILES string of the molecule is F[B-](F)(F)F.[CH]1[CH][CH][CH][CH]1.[CH]1[CH][CH][C](C2=CP(c3ccccc3)(c3ccccc3)=N[P+]2(c2ccccc2)c2ccccc2)[CH]1.[Fe+2]. The van der Waals surface area contributed by atoms with E-state index in [0.29, 0.717) is 0 Å². The molecule has 3 aliphatic rings. The average Bonchev–Trinajstić information content (AvgIpc) is 3.85. The fourth-order valence-electron chi connectivity index (χ4n) is 5.20. The molecule has 1 aliphatic heterocycles. The van der Waals surface area contributed by atoms with Crippen molar-refractivity contribution in [2.24, 2.45) is 4.52 Å². The van der Waals surface area contributed by atoms with Crippen molar-refractivity contribution in [1.29, 1.82) is 0 Å². The molecule has 2 fully saturated rings. The standard InChI is InChI=1S/C31H25NP2.C5H5.BF4.Fe/c1-5-17-27(18-6-1)33(28-19-7-2-8-20-28)25-31(26-15-13-14-16-26)34(32-33,29-21-9-3-10-22-29)30-23-11-4-12-24-30;1-2-4-5-3-1;2-1(3,4)5;/h1-25H;1-5H;;/q+1;;-1;+2. The molecular weight excluding hydrogens is 651 g/mol. The Morgan fingerprint density at radius 1 is 0.489 bits per heavy atom. The summed E-state index contributed by atoms with van der Waals surface area (Å²) in [6.07, 6.45) is 18.8. The van der Waals surface area contributed by atoms with Crippen molar-refractivity contribution in [2.75, 3.05) is 0 Å². The summed E-state index contributed by atoms with van der Waals surface area (Å²) >= 11 is 0. The number of allylic oxidation sites excluding steroid dienone is 1. The Kier molecular flexibility index (Phi) is 12.9. The molecule has 4 aromatic rings. The Bertz CT molecular complexity index is 1450. The van der Waals surface area contributed by atoms with Gasteiger partial charge in [0.1, 0.15) is 15.9 Å². The van der Waals surface area contributed by atoms with Gasteiger partial charge < -0.3 is 17.3 Å².